The molecular formula is C13H19ClN4O2. The average molecular weight is 299 g/mol. The molecule has 1 aliphatic rings. The zero-order chi connectivity index (χ0) is 13.9. The fourth-order valence-electron chi connectivity index (χ4n) is 2.27. The highest BCUT2D eigenvalue weighted by molar-refractivity contribution is 5.98. The van der Waals surface area contributed by atoms with E-state index in [1.54, 1.807) is 24.3 Å². The number of halogens is 1. The molecule has 0 atom stereocenters. The van der Waals surface area contributed by atoms with Crippen molar-refractivity contribution in [2.24, 2.45) is 11.5 Å². The van der Waals surface area contributed by atoms with Crippen molar-refractivity contribution in [3.63, 3.8) is 0 Å². The van der Waals surface area contributed by atoms with Gasteiger partial charge in [0.1, 0.15) is 0 Å². The zero-order valence-electron chi connectivity index (χ0n) is 11.0. The van der Waals surface area contributed by atoms with Gasteiger partial charge in [0, 0.05) is 11.4 Å². The van der Waals surface area contributed by atoms with Gasteiger partial charge in [-0.3, -0.25) is 4.79 Å². The highest BCUT2D eigenvalue weighted by Crippen LogP contribution is 2.28. The van der Waals surface area contributed by atoms with Crippen molar-refractivity contribution in [2.75, 3.05) is 10.6 Å². The lowest BCUT2D eigenvalue weighted by atomic mass is 9.98. The fraction of sp³-hybridized carbons (Fsp3) is 0.385. The van der Waals surface area contributed by atoms with E-state index >= 15 is 0 Å². The molecule has 0 aliphatic heterocycles. The molecule has 0 spiro atoms. The second-order valence-electron chi connectivity index (χ2n) is 4.88. The molecule has 1 aromatic carbocycles. The van der Waals surface area contributed by atoms with E-state index in [1.165, 1.54) is 0 Å². The molecule has 1 aliphatic carbocycles. The van der Waals surface area contributed by atoms with Gasteiger partial charge in [-0.2, -0.15) is 0 Å². The Morgan fingerprint density at radius 3 is 1.90 bits per heavy atom. The van der Waals surface area contributed by atoms with Crippen LogP contribution in [0.1, 0.15) is 25.7 Å². The van der Waals surface area contributed by atoms with Crippen LogP contribution in [0, 0.1) is 0 Å². The summed E-state index contributed by atoms with van der Waals surface area (Å²) in [6.45, 7) is 0. The molecule has 0 heterocycles. The fourth-order valence-corrected chi connectivity index (χ4v) is 2.27. The molecule has 20 heavy (non-hydrogen) atoms. The van der Waals surface area contributed by atoms with E-state index < -0.39 is 11.6 Å². The van der Waals surface area contributed by atoms with E-state index in [4.69, 9.17) is 11.5 Å². The maximum Gasteiger partial charge on any atom is 0.316 e. The number of rotatable bonds is 3. The summed E-state index contributed by atoms with van der Waals surface area (Å²) < 4.78 is 0. The lowest BCUT2D eigenvalue weighted by molar-refractivity contribution is -0.121. The van der Waals surface area contributed by atoms with Gasteiger partial charge in [0.05, 0.1) is 5.54 Å². The third kappa shape index (κ3) is 3.85. The average Bonchev–Trinajstić information content (AvgIpc) is 2.79. The van der Waals surface area contributed by atoms with Crippen molar-refractivity contribution >= 4 is 35.7 Å². The molecule has 0 bridgehead atoms. The lowest BCUT2D eigenvalue weighted by Crippen LogP contribution is -2.48. The topological polar surface area (TPSA) is 110 Å². The number of hydrogen-bond acceptors (Lipinski definition) is 3. The van der Waals surface area contributed by atoms with Crippen molar-refractivity contribution in [2.45, 2.75) is 31.2 Å². The Morgan fingerprint density at radius 2 is 1.45 bits per heavy atom. The number of carbonyl (C=O) groups is 2. The van der Waals surface area contributed by atoms with Crippen molar-refractivity contribution in [1.82, 2.24) is 0 Å². The second kappa shape index (κ2) is 6.58. The van der Waals surface area contributed by atoms with Crippen molar-refractivity contribution in [1.29, 1.82) is 0 Å². The highest BCUT2D eigenvalue weighted by Gasteiger charge is 2.36. The summed E-state index contributed by atoms with van der Waals surface area (Å²) in [4.78, 5) is 22.7. The Bertz CT molecular complexity index is 484. The monoisotopic (exact) mass is 298 g/mol. The Kier molecular flexibility index (Phi) is 5.35. The van der Waals surface area contributed by atoms with Gasteiger partial charge in [-0.05, 0) is 37.1 Å². The van der Waals surface area contributed by atoms with Crippen LogP contribution in [0.5, 0.6) is 0 Å². The first-order valence-electron chi connectivity index (χ1n) is 6.26. The van der Waals surface area contributed by atoms with Gasteiger partial charge in [0.2, 0.25) is 5.91 Å². The van der Waals surface area contributed by atoms with Gasteiger partial charge in [-0.1, -0.05) is 12.8 Å². The molecule has 1 saturated carbocycles. The molecule has 0 unspecified atom stereocenters. The van der Waals surface area contributed by atoms with Crippen LogP contribution in [-0.2, 0) is 4.79 Å². The summed E-state index contributed by atoms with van der Waals surface area (Å²) in [7, 11) is 0. The van der Waals surface area contributed by atoms with Crippen molar-refractivity contribution in [3.8, 4) is 0 Å². The summed E-state index contributed by atoms with van der Waals surface area (Å²) in [5.74, 6) is -0.152. The van der Waals surface area contributed by atoms with Crippen LogP contribution in [-0.4, -0.2) is 17.5 Å². The van der Waals surface area contributed by atoms with Gasteiger partial charge in [-0.15, -0.1) is 12.4 Å². The van der Waals surface area contributed by atoms with Crippen LogP contribution in [0.3, 0.4) is 0 Å². The first kappa shape index (κ1) is 16.3. The summed E-state index contributed by atoms with van der Waals surface area (Å²) in [6.07, 6.45) is 3.43. The largest absolute Gasteiger partial charge is 0.351 e. The Morgan fingerprint density at radius 1 is 1.00 bits per heavy atom. The standard InChI is InChI=1S/C13H18N4O2.ClH/c14-12(19)17-10-5-3-9(4-6-10)16-11(18)13(15)7-1-2-8-13;/h3-6H,1-2,7-8,15H2,(H,16,18)(H3,14,17,19);1H. The highest BCUT2D eigenvalue weighted by atomic mass is 35.5. The van der Waals surface area contributed by atoms with Gasteiger partial charge < -0.3 is 22.1 Å². The molecule has 110 valence electrons. The Balaban J connectivity index is 0.00000200. The summed E-state index contributed by atoms with van der Waals surface area (Å²) in [5, 5.41) is 5.25. The second-order valence-corrected chi connectivity index (χ2v) is 4.88. The van der Waals surface area contributed by atoms with E-state index in [0.29, 0.717) is 11.4 Å². The van der Waals surface area contributed by atoms with Gasteiger partial charge in [-0.25, -0.2) is 4.79 Å². The maximum absolute atomic E-state index is 12.1. The minimum Gasteiger partial charge on any atom is -0.351 e. The van der Waals surface area contributed by atoms with E-state index in [0.717, 1.165) is 25.7 Å². The number of primary amides is 1. The van der Waals surface area contributed by atoms with Crippen LogP contribution in [0.2, 0.25) is 0 Å². The number of carbonyl (C=O) groups excluding carboxylic acids is 2. The molecule has 3 amide bonds. The van der Waals surface area contributed by atoms with E-state index in [9.17, 15) is 9.59 Å². The number of nitrogens with one attached hydrogen (secondary N) is 2. The molecule has 1 fully saturated rings. The van der Waals surface area contributed by atoms with Gasteiger partial charge in [0.15, 0.2) is 0 Å². The molecular weight excluding hydrogens is 280 g/mol. The van der Waals surface area contributed by atoms with Gasteiger partial charge >= 0.3 is 6.03 Å². The van der Waals surface area contributed by atoms with E-state index in [2.05, 4.69) is 10.6 Å². The third-order valence-electron chi connectivity index (χ3n) is 3.36. The SMILES string of the molecule is Cl.NC(=O)Nc1ccc(NC(=O)C2(N)CCCC2)cc1. The summed E-state index contributed by atoms with van der Waals surface area (Å²) in [6, 6.07) is 6.10. The number of hydrogen-bond donors (Lipinski definition) is 4. The maximum atomic E-state index is 12.1. The molecule has 6 N–H and O–H groups in total. The number of urea groups is 1. The van der Waals surface area contributed by atoms with Crippen LogP contribution in [0.25, 0.3) is 0 Å². The molecule has 0 radical (unpaired) electrons. The molecule has 0 saturated heterocycles. The zero-order valence-corrected chi connectivity index (χ0v) is 11.8. The van der Waals surface area contributed by atoms with Crippen molar-refractivity contribution < 1.29 is 9.59 Å². The molecule has 6 nitrogen and oxygen atoms in total. The van der Waals surface area contributed by atoms with Crippen LogP contribution in [0.4, 0.5) is 16.2 Å². The predicted octanol–water partition coefficient (Wildman–Crippen LogP) is 1.81. The lowest BCUT2D eigenvalue weighted by Gasteiger charge is -2.22. The first-order chi connectivity index (χ1) is 8.99. The Labute approximate surface area is 123 Å². The molecule has 0 aromatic heterocycles. The van der Waals surface area contributed by atoms with Crippen LogP contribution in [0.15, 0.2) is 24.3 Å². The number of anilines is 2. The smallest absolute Gasteiger partial charge is 0.316 e. The minimum atomic E-state index is -0.746. The van der Waals surface area contributed by atoms with E-state index in [1.807, 2.05) is 0 Å². The quantitative estimate of drug-likeness (QED) is 0.683. The minimum absolute atomic E-state index is 0. The molecule has 1 aromatic rings. The summed E-state index contributed by atoms with van der Waals surface area (Å²) in [5.41, 5.74) is 11.5. The van der Waals surface area contributed by atoms with Gasteiger partial charge in [0.25, 0.3) is 0 Å². The molecule has 7 heteroatoms. The normalized spacial score (nSPS) is 16.1. The molecule has 2 rings (SSSR count). The summed E-state index contributed by atoms with van der Waals surface area (Å²) >= 11 is 0. The third-order valence-corrected chi connectivity index (χ3v) is 3.36. The first-order valence-corrected chi connectivity index (χ1v) is 6.26. The predicted molar refractivity (Wildman–Crippen MR) is 80.9 cm³/mol. The van der Waals surface area contributed by atoms with Crippen LogP contribution >= 0.6 is 12.4 Å². The Hall–Kier alpha value is -1.79. The number of nitrogens with two attached hydrogens (primary N) is 2. The number of benzene rings is 1. The van der Waals surface area contributed by atoms with Crippen molar-refractivity contribution in [3.05, 3.63) is 24.3 Å². The van der Waals surface area contributed by atoms with E-state index in [-0.39, 0.29) is 18.3 Å². The van der Waals surface area contributed by atoms with Crippen LogP contribution < -0.4 is 22.1 Å². The number of amides is 3.